The van der Waals surface area contributed by atoms with Crippen LogP contribution < -0.4 is 5.32 Å². The van der Waals surface area contributed by atoms with E-state index in [1.165, 1.54) is 19.1 Å². The van der Waals surface area contributed by atoms with Gasteiger partial charge in [-0.2, -0.15) is 0 Å². The SMILES string of the molecule is CC(=O)NCCC#Cc1ccc(C(=O)O)cc1Br. The summed E-state index contributed by atoms with van der Waals surface area (Å²) in [4.78, 5) is 21.3. The van der Waals surface area contributed by atoms with Gasteiger partial charge >= 0.3 is 5.97 Å². The molecule has 0 aliphatic carbocycles. The number of carbonyl (C=O) groups excluding carboxylic acids is 1. The molecule has 1 amide bonds. The van der Waals surface area contributed by atoms with E-state index < -0.39 is 5.97 Å². The molecule has 1 aromatic rings. The van der Waals surface area contributed by atoms with Crippen molar-refractivity contribution < 1.29 is 14.7 Å². The number of carboxylic acids is 1. The predicted molar refractivity (Wildman–Crippen MR) is 71.3 cm³/mol. The molecule has 5 heteroatoms. The summed E-state index contributed by atoms with van der Waals surface area (Å²) >= 11 is 3.27. The van der Waals surface area contributed by atoms with Gasteiger partial charge in [-0.3, -0.25) is 4.79 Å². The van der Waals surface area contributed by atoms with E-state index in [4.69, 9.17) is 5.11 Å². The van der Waals surface area contributed by atoms with Crippen LogP contribution in [0.15, 0.2) is 22.7 Å². The Morgan fingerprint density at radius 1 is 1.44 bits per heavy atom. The molecule has 4 nitrogen and oxygen atoms in total. The monoisotopic (exact) mass is 309 g/mol. The van der Waals surface area contributed by atoms with Gasteiger partial charge in [0.15, 0.2) is 0 Å². The van der Waals surface area contributed by atoms with Crippen LogP contribution in [0.25, 0.3) is 0 Å². The number of aromatic carboxylic acids is 1. The number of halogens is 1. The lowest BCUT2D eigenvalue weighted by Gasteiger charge is -1.99. The van der Waals surface area contributed by atoms with E-state index in [1.807, 2.05) is 0 Å². The third-order valence-corrected chi connectivity index (χ3v) is 2.72. The van der Waals surface area contributed by atoms with Gasteiger partial charge in [0.05, 0.1) is 5.56 Å². The van der Waals surface area contributed by atoms with Gasteiger partial charge in [-0.1, -0.05) is 11.8 Å². The van der Waals surface area contributed by atoms with Crippen LogP contribution in [-0.4, -0.2) is 23.5 Å². The van der Waals surface area contributed by atoms with Crippen molar-refractivity contribution in [2.24, 2.45) is 0 Å². The van der Waals surface area contributed by atoms with Crippen molar-refractivity contribution in [3.8, 4) is 11.8 Å². The zero-order valence-electron chi connectivity index (χ0n) is 9.79. The zero-order chi connectivity index (χ0) is 13.5. The van der Waals surface area contributed by atoms with E-state index in [0.29, 0.717) is 17.4 Å². The van der Waals surface area contributed by atoms with Gasteiger partial charge in [-0.15, -0.1) is 0 Å². The number of nitrogens with one attached hydrogen (secondary N) is 1. The summed E-state index contributed by atoms with van der Waals surface area (Å²) < 4.78 is 0.648. The molecule has 94 valence electrons. The van der Waals surface area contributed by atoms with Crippen LogP contribution in [0.3, 0.4) is 0 Å². The lowest BCUT2D eigenvalue weighted by molar-refractivity contribution is -0.118. The molecule has 18 heavy (non-hydrogen) atoms. The molecule has 0 spiro atoms. The quantitative estimate of drug-likeness (QED) is 0.663. The van der Waals surface area contributed by atoms with Gasteiger partial charge in [0, 0.05) is 29.9 Å². The first-order valence-corrected chi connectivity index (χ1v) is 6.06. The highest BCUT2D eigenvalue weighted by molar-refractivity contribution is 9.10. The molecule has 0 saturated heterocycles. The van der Waals surface area contributed by atoms with E-state index in [0.717, 1.165) is 5.56 Å². The maximum absolute atomic E-state index is 10.7. The smallest absolute Gasteiger partial charge is 0.335 e. The summed E-state index contributed by atoms with van der Waals surface area (Å²) in [6.45, 7) is 1.96. The molecule has 0 aliphatic heterocycles. The summed E-state index contributed by atoms with van der Waals surface area (Å²) in [5.41, 5.74) is 0.938. The maximum atomic E-state index is 10.7. The molecule has 0 unspecified atom stereocenters. The first kappa shape index (κ1) is 14.3. The summed E-state index contributed by atoms with van der Waals surface area (Å²) in [5, 5.41) is 11.4. The van der Waals surface area contributed by atoms with E-state index in [1.54, 1.807) is 6.07 Å². The topological polar surface area (TPSA) is 66.4 Å². The minimum Gasteiger partial charge on any atom is -0.478 e. The standard InChI is InChI=1S/C13H12BrNO3/c1-9(16)15-7-3-2-4-10-5-6-11(13(17)18)8-12(10)14/h5-6,8H,3,7H2,1H3,(H,15,16)(H,17,18). The highest BCUT2D eigenvalue weighted by Crippen LogP contribution is 2.17. The number of carboxylic acid groups (broad SMARTS) is 1. The number of carbonyl (C=O) groups is 2. The molecular formula is C13H12BrNO3. The van der Waals surface area contributed by atoms with Crippen molar-refractivity contribution >= 4 is 27.8 Å². The average molecular weight is 310 g/mol. The molecule has 0 fully saturated rings. The minimum atomic E-state index is -0.971. The third kappa shape index (κ3) is 4.60. The summed E-state index contributed by atoms with van der Waals surface area (Å²) in [5.74, 6) is 4.76. The van der Waals surface area contributed by atoms with Gasteiger partial charge in [0.2, 0.25) is 5.91 Å². The summed E-state index contributed by atoms with van der Waals surface area (Å²) in [6.07, 6.45) is 0.548. The number of benzene rings is 1. The van der Waals surface area contributed by atoms with Crippen LogP contribution >= 0.6 is 15.9 Å². The fraction of sp³-hybridized carbons (Fsp3) is 0.231. The minimum absolute atomic E-state index is 0.0798. The number of amides is 1. The predicted octanol–water partition coefficient (Wildman–Crippen LogP) is 2.03. The Balaban J connectivity index is 2.65. The largest absolute Gasteiger partial charge is 0.478 e. The van der Waals surface area contributed by atoms with Crippen LogP contribution in [0.2, 0.25) is 0 Å². The molecule has 0 atom stereocenters. The van der Waals surface area contributed by atoms with Gasteiger partial charge in [0.1, 0.15) is 0 Å². The number of hydrogen-bond donors (Lipinski definition) is 2. The van der Waals surface area contributed by atoms with E-state index in [2.05, 4.69) is 33.1 Å². The Labute approximate surface area is 114 Å². The zero-order valence-corrected chi connectivity index (χ0v) is 11.4. The van der Waals surface area contributed by atoms with Crippen molar-refractivity contribution in [2.75, 3.05) is 6.54 Å². The molecule has 0 heterocycles. The lowest BCUT2D eigenvalue weighted by atomic mass is 10.1. The number of rotatable bonds is 3. The van der Waals surface area contributed by atoms with Crippen LogP contribution in [0.5, 0.6) is 0 Å². The van der Waals surface area contributed by atoms with Crippen molar-refractivity contribution in [3.63, 3.8) is 0 Å². The van der Waals surface area contributed by atoms with Crippen molar-refractivity contribution in [3.05, 3.63) is 33.8 Å². The molecule has 1 rings (SSSR count). The van der Waals surface area contributed by atoms with Crippen molar-refractivity contribution in [1.82, 2.24) is 5.32 Å². The summed E-state index contributed by atoms with van der Waals surface area (Å²) in [6, 6.07) is 4.67. The first-order valence-electron chi connectivity index (χ1n) is 5.27. The molecule has 0 aromatic heterocycles. The average Bonchev–Trinajstić information content (AvgIpc) is 2.29. The Kier molecular flexibility index (Phi) is 5.40. The van der Waals surface area contributed by atoms with E-state index in [-0.39, 0.29) is 11.5 Å². The van der Waals surface area contributed by atoms with E-state index >= 15 is 0 Å². The molecule has 0 saturated carbocycles. The van der Waals surface area contributed by atoms with Crippen molar-refractivity contribution in [1.29, 1.82) is 0 Å². The second-order valence-electron chi connectivity index (χ2n) is 3.53. The lowest BCUT2D eigenvalue weighted by Crippen LogP contribution is -2.20. The summed E-state index contributed by atoms with van der Waals surface area (Å²) in [7, 11) is 0. The van der Waals surface area contributed by atoms with Gasteiger partial charge in [-0.25, -0.2) is 4.79 Å². The van der Waals surface area contributed by atoms with Crippen LogP contribution in [-0.2, 0) is 4.79 Å². The van der Waals surface area contributed by atoms with Crippen LogP contribution in [0.1, 0.15) is 29.3 Å². The Morgan fingerprint density at radius 2 is 2.17 bits per heavy atom. The Bertz CT molecular complexity index is 529. The van der Waals surface area contributed by atoms with Gasteiger partial charge in [0.25, 0.3) is 0 Å². The van der Waals surface area contributed by atoms with E-state index in [9.17, 15) is 9.59 Å². The van der Waals surface area contributed by atoms with Crippen molar-refractivity contribution in [2.45, 2.75) is 13.3 Å². The molecular weight excluding hydrogens is 298 g/mol. The second-order valence-corrected chi connectivity index (χ2v) is 4.39. The maximum Gasteiger partial charge on any atom is 0.335 e. The fourth-order valence-corrected chi connectivity index (χ4v) is 1.69. The molecule has 0 aliphatic rings. The van der Waals surface area contributed by atoms with Gasteiger partial charge in [-0.05, 0) is 34.1 Å². The molecule has 0 radical (unpaired) electrons. The first-order chi connectivity index (χ1) is 8.50. The Morgan fingerprint density at radius 3 is 2.72 bits per heavy atom. The van der Waals surface area contributed by atoms with Gasteiger partial charge < -0.3 is 10.4 Å². The third-order valence-electron chi connectivity index (χ3n) is 2.06. The van der Waals surface area contributed by atoms with Crippen LogP contribution in [0.4, 0.5) is 0 Å². The second kappa shape index (κ2) is 6.82. The normalized spacial score (nSPS) is 9.22. The highest BCUT2D eigenvalue weighted by Gasteiger charge is 2.04. The highest BCUT2D eigenvalue weighted by atomic mass is 79.9. The Hall–Kier alpha value is -1.80. The molecule has 0 bridgehead atoms. The van der Waals surface area contributed by atoms with Crippen LogP contribution in [0, 0.1) is 11.8 Å². The number of hydrogen-bond acceptors (Lipinski definition) is 2. The molecule has 1 aromatic carbocycles. The molecule has 2 N–H and O–H groups in total. The fourth-order valence-electron chi connectivity index (χ4n) is 1.21.